The van der Waals surface area contributed by atoms with E-state index in [-0.39, 0.29) is 0 Å². The van der Waals surface area contributed by atoms with E-state index in [1.807, 2.05) is 24.7 Å². The number of nitrogens with zero attached hydrogens (tertiary/aromatic N) is 4. The van der Waals surface area contributed by atoms with Crippen molar-refractivity contribution in [1.29, 1.82) is 0 Å². The predicted octanol–water partition coefficient (Wildman–Crippen LogP) is 3.10. The van der Waals surface area contributed by atoms with E-state index in [9.17, 15) is 0 Å². The number of rotatable bonds is 6. The van der Waals surface area contributed by atoms with Crippen LogP contribution in [-0.4, -0.2) is 51.0 Å². The van der Waals surface area contributed by atoms with Gasteiger partial charge in [-0.15, -0.1) is 0 Å². The molecule has 1 aliphatic rings. The van der Waals surface area contributed by atoms with Crippen LogP contribution in [0.1, 0.15) is 24.0 Å². The second kappa shape index (κ2) is 7.37. The normalized spacial score (nSPS) is 15.1. The van der Waals surface area contributed by atoms with Crippen LogP contribution in [0.2, 0.25) is 5.02 Å². The molecule has 130 valence electrons. The second-order valence-corrected chi connectivity index (χ2v) is 6.87. The molecule has 0 amide bonds. The Bertz CT molecular complexity index is 838. The minimum atomic E-state index is 0.641. The van der Waals surface area contributed by atoms with E-state index in [4.69, 9.17) is 11.6 Å². The Hall–Kier alpha value is -2.18. The van der Waals surface area contributed by atoms with Gasteiger partial charge in [0.2, 0.25) is 5.95 Å². The lowest BCUT2D eigenvalue weighted by Crippen LogP contribution is -2.26. The largest absolute Gasteiger partial charge is 0.353 e. The maximum atomic E-state index is 6.05. The lowest BCUT2D eigenvalue weighted by molar-refractivity contribution is 0.352. The molecule has 2 N–H and O–H groups in total. The van der Waals surface area contributed by atoms with E-state index in [1.54, 1.807) is 6.20 Å². The van der Waals surface area contributed by atoms with E-state index in [1.165, 1.54) is 25.9 Å². The van der Waals surface area contributed by atoms with Gasteiger partial charge in [-0.1, -0.05) is 11.6 Å². The number of aromatic nitrogens is 4. The van der Waals surface area contributed by atoms with Gasteiger partial charge < -0.3 is 15.2 Å². The summed E-state index contributed by atoms with van der Waals surface area (Å²) in [5.41, 5.74) is 3.05. The first-order chi connectivity index (χ1) is 12.3. The van der Waals surface area contributed by atoms with Crippen LogP contribution in [0.3, 0.4) is 0 Å². The van der Waals surface area contributed by atoms with Crippen LogP contribution in [0.15, 0.2) is 30.9 Å². The number of hydrogen-bond donors (Lipinski definition) is 2. The molecule has 0 radical (unpaired) electrons. The first-order valence-electron chi connectivity index (χ1n) is 8.66. The number of aromatic amines is 1. The summed E-state index contributed by atoms with van der Waals surface area (Å²) in [6.45, 7) is 4.36. The van der Waals surface area contributed by atoms with Crippen molar-refractivity contribution in [3.05, 3.63) is 47.0 Å². The monoisotopic (exact) mass is 356 g/mol. The van der Waals surface area contributed by atoms with E-state index in [0.29, 0.717) is 11.0 Å². The Morgan fingerprint density at radius 1 is 1.12 bits per heavy atom. The average Bonchev–Trinajstić information content (AvgIpc) is 3.27. The van der Waals surface area contributed by atoms with Crippen LogP contribution in [-0.2, 0) is 6.42 Å². The lowest BCUT2D eigenvalue weighted by atomic mass is 10.1. The van der Waals surface area contributed by atoms with Crippen molar-refractivity contribution in [3.8, 4) is 0 Å². The molecule has 4 rings (SSSR count). The summed E-state index contributed by atoms with van der Waals surface area (Å²) in [7, 11) is 0. The van der Waals surface area contributed by atoms with E-state index in [0.717, 1.165) is 41.7 Å². The molecule has 7 heteroatoms. The number of nitrogens with one attached hydrogen (secondary N) is 2. The standard InChI is InChI=1S/C18H21ClN6/c19-15-8-16-14(11-21-17(16)22-12-15)7-13-9-23-18(24-10-13)20-3-6-25-4-1-2-5-25/h8-12H,1-7H2,(H,21,22)(H,20,23,24). The summed E-state index contributed by atoms with van der Waals surface area (Å²) in [6, 6.07) is 1.94. The molecule has 1 saturated heterocycles. The number of fused-ring (bicyclic) bond motifs is 1. The highest BCUT2D eigenvalue weighted by Crippen LogP contribution is 2.22. The van der Waals surface area contributed by atoms with Crippen molar-refractivity contribution in [3.63, 3.8) is 0 Å². The van der Waals surface area contributed by atoms with Gasteiger partial charge in [0, 0.05) is 49.7 Å². The summed E-state index contributed by atoms with van der Waals surface area (Å²) in [5, 5.41) is 4.98. The first kappa shape index (κ1) is 16.3. The van der Waals surface area contributed by atoms with E-state index >= 15 is 0 Å². The van der Waals surface area contributed by atoms with Gasteiger partial charge in [0.25, 0.3) is 0 Å². The quantitative estimate of drug-likeness (QED) is 0.710. The highest BCUT2D eigenvalue weighted by Gasteiger charge is 2.11. The zero-order valence-corrected chi connectivity index (χ0v) is 14.8. The van der Waals surface area contributed by atoms with Crippen molar-refractivity contribution in [2.45, 2.75) is 19.3 Å². The first-order valence-corrected chi connectivity index (χ1v) is 9.04. The minimum Gasteiger partial charge on any atom is -0.353 e. The minimum absolute atomic E-state index is 0.641. The van der Waals surface area contributed by atoms with Crippen LogP contribution in [0.5, 0.6) is 0 Å². The molecular formula is C18H21ClN6. The van der Waals surface area contributed by atoms with Gasteiger partial charge in [0.05, 0.1) is 5.02 Å². The molecule has 0 saturated carbocycles. The van der Waals surface area contributed by atoms with E-state index < -0.39 is 0 Å². The summed E-state index contributed by atoms with van der Waals surface area (Å²) in [6.07, 6.45) is 10.8. The second-order valence-electron chi connectivity index (χ2n) is 6.43. The SMILES string of the molecule is Clc1cnc2[nH]cc(Cc3cnc(NCCN4CCCC4)nc3)c2c1. The summed E-state index contributed by atoms with van der Waals surface area (Å²) in [4.78, 5) is 18.8. The number of anilines is 1. The van der Waals surface area contributed by atoms with Crippen LogP contribution in [0, 0.1) is 0 Å². The van der Waals surface area contributed by atoms with Crippen molar-refractivity contribution >= 4 is 28.6 Å². The van der Waals surface area contributed by atoms with Gasteiger partial charge in [-0.05, 0) is 43.1 Å². The number of H-pyrrole nitrogens is 1. The molecule has 0 bridgehead atoms. The molecule has 0 unspecified atom stereocenters. The van der Waals surface area contributed by atoms with E-state index in [2.05, 4.69) is 30.2 Å². The fourth-order valence-corrected chi connectivity index (χ4v) is 3.43. The Kier molecular flexibility index (Phi) is 4.81. The Morgan fingerprint density at radius 3 is 2.72 bits per heavy atom. The molecule has 4 heterocycles. The van der Waals surface area contributed by atoms with Crippen molar-refractivity contribution < 1.29 is 0 Å². The van der Waals surface area contributed by atoms with Crippen LogP contribution < -0.4 is 5.32 Å². The maximum absolute atomic E-state index is 6.05. The Balaban J connectivity index is 1.37. The number of pyridine rings is 1. The molecule has 1 fully saturated rings. The third kappa shape index (κ3) is 3.91. The Labute approximate surface area is 151 Å². The molecular weight excluding hydrogens is 336 g/mol. The lowest BCUT2D eigenvalue weighted by Gasteiger charge is -2.14. The highest BCUT2D eigenvalue weighted by atomic mass is 35.5. The predicted molar refractivity (Wildman–Crippen MR) is 100 cm³/mol. The topological polar surface area (TPSA) is 69.7 Å². The number of hydrogen-bond acceptors (Lipinski definition) is 5. The molecule has 3 aromatic rings. The molecule has 3 aromatic heterocycles. The number of halogens is 1. The molecule has 0 atom stereocenters. The third-order valence-electron chi connectivity index (χ3n) is 4.59. The van der Waals surface area contributed by atoms with Crippen molar-refractivity contribution in [1.82, 2.24) is 24.8 Å². The van der Waals surface area contributed by atoms with Gasteiger partial charge >= 0.3 is 0 Å². The summed E-state index contributed by atoms with van der Waals surface area (Å²) < 4.78 is 0. The van der Waals surface area contributed by atoms with Gasteiger partial charge in [0.15, 0.2) is 0 Å². The molecule has 25 heavy (non-hydrogen) atoms. The number of likely N-dealkylation sites (tertiary alicyclic amines) is 1. The summed E-state index contributed by atoms with van der Waals surface area (Å²) >= 11 is 6.05. The van der Waals surface area contributed by atoms with Crippen LogP contribution in [0.4, 0.5) is 5.95 Å². The summed E-state index contributed by atoms with van der Waals surface area (Å²) in [5.74, 6) is 0.687. The Morgan fingerprint density at radius 2 is 1.92 bits per heavy atom. The highest BCUT2D eigenvalue weighted by molar-refractivity contribution is 6.31. The third-order valence-corrected chi connectivity index (χ3v) is 4.80. The molecule has 0 spiro atoms. The van der Waals surface area contributed by atoms with Gasteiger partial charge in [-0.25, -0.2) is 15.0 Å². The van der Waals surface area contributed by atoms with Crippen LogP contribution >= 0.6 is 11.6 Å². The fourth-order valence-electron chi connectivity index (χ4n) is 3.27. The van der Waals surface area contributed by atoms with Gasteiger partial charge in [-0.2, -0.15) is 0 Å². The molecule has 0 aromatic carbocycles. The van der Waals surface area contributed by atoms with Crippen molar-refractivity contribution in [2.24, 2.45) is 0 Å². The maximum Gasteiger partial charge on any atom is 0.222 e. The zero-order valence-electron chi connectivity index (χ0n) is 14.0. The average molecular weight is 357 g/mol. The van der Waals surface area contributed by atoms with Gasteiger partial charge in [-0.3, -0.25) is 0 Å². The van der Waals surface area contributed by atoms with Crippen molar-refractivity contribution in [2.75, 3.05) is 31.5 Å². The smallest absolute Gasteiger partial charge is 0.222 e. The fraction of sp³-hybridized carbons (Fsp3) is 0.389. The zero-order chi connectivity index (χ0) is 17.1. The molecule has 0 aliphatic carbocycles. The van der Waals surface area contributed by atoms with Crippen LogP contribution in [0.25, 0.3) is 11.0 Å². The molecule has 6 nitrogen and oxygen atoms in total. The van der Waals surface area contributed by atoms with Gasteiger partial charge in [0.1, 0.15) is 5.65 Å². The molecule has 1 aliphatic heterocycles.